The Morgan fingerprint density at radius 3 is 1.23 bits per heavy atom. The van der Waals surface area contributed by atoms with E-state index in [0.717, 1.165) is 0 Å². The second-order valence-electron chi connectivity index (χ2n) is 18.6. The second-order valence-corrected chi connectivity index (χ2v) is 26.7. The van der Waals surface area contributed by atoms with Crippen LogP contribution in [0.1, 0.15) is 11.1 Å². The molecule has 260 valence electrons. The molecule has 0 atom stereocenters. The number of fused-ring (bicyclic) bond motifs is 8. The van der Waals surface area contributed by atoms with Crippen molar-refractivity contribution in [2.24, 2.45) is 0 Å². The number of aryl methyl sites for hydroxylation is 2. The fourth-order valence-electron chi connectivity index (χ4n) is 13.7. The van der Waals surface area contributed by atoms with Crippen LogP contribution < -0.4 is 96.1 Å². The number of hydrogen-bond donors (Lipinski definition) is 0. The van der Waals surface area contributed by atoms with E-state index >= 15 is 0 Å². The Morgan fingerprint density at radius 2 is 0.772 bits per heavy atom. The van der Waals surface area contributed by atoms with Crippen LogP contribution in [0.3, 0.4) is 0 Å². The van der Waals surface area contributed by atoms with Crippen molar-refractivity contribution < 1.29 is 0 Å². The van der Waals surface area contributed by atoms with Gasteiger partial charge >= 0.3 is 348 Å². The Bertz CT molecular complexity index is 2990. The molecule has 57 heavy (non-hydrogen) atoms. The normalized spacial score (nSPS) is 16.6. The summed E-state index contributed by atoms with van der Waals surface area (Å²) in [5.41, 5.74) is 33.5. The summed E-state index contributed by atoms with van der Waals surface area (Å²) in [5, 5.41) is 0. The van der Waals surface area contributed by atoms with E-state index in [1.54, 1.807) is 54.4 Å². The van der Waals surface area contributed by atoms with E-state index in [0.29, 0.717) is 26.9 Å². The molecule has 8 aliphatic rings. The molecule has 7 aromatic rings. The van der Waals surface area contributed by atoms with E-state index in [-0.39, 0.29) is 13.4 Å². The first-order valence-electron chi connectivity index (χ1n) is 21.2. The summed E-state index contributed by atoms with van der Waals surface area (Å²) in [6, 6.07) is 42.3. The fraction of sp³-hybridized carbons (Fsp3) is 0.125. The van der Waals surface area contributed by atoms with Gasteiger partial charge in [-0.25, -0.2) is 0 Å². The molecule has 0 N–H and O–H groups in total. The van der Waals surface area contributed by atoms with Crippen molar-refractivity contribution in [2.75, 3.05) is 9.80 Å². The van der Waals surface area contributed by atoms with Gasteiger partial charge < -0.3 is 0 Å². The average molecular weight is 914 g/mol. The zero-order valence-electron chi connectivity index (χ0n) is 33.1. The molecule has 0 unspecified atom stereocenters. The van der Waals surface area contributed by atoms with Crippen LogP contribution in [0.2, 0.25) is 27.3 Å². The number of benzene rings is 7. The molecule has 0 spiro atoms. The Hall–Kier alpha value is -4.59. The monoisotopic (exact) mass is 914 g/mol. The van der Waals surface area contributed by atoms with Crippen molar-refractivity contribution >= 4 is 182 Å². The molecule has 15 rings (SSSR count). The first kappa shape index (κ1) is 31.4. The molecule has 9 heteroatoms. The van der Waals surface area contributed by atoms with Gasteiger partial charge in [0.15, 0.2) is 0 Å². The number of anilines is 6. The van der Waals surface area contributed by atoms with Crippen molar-refractivity contribution in [1.82, 2.24) is 0 Å². The predicted molar refractivity (Wildman–Crippen MR) is 256 cm³/mol. The zero-order valence-corrected chi connectivity index (χ0v) is 36.6. The molecule has 7 aromatic carbocycles. The van der Waals surface area contributed by atoms with Gasteiger partial charge in [-0.05, 0) is 0 Å². The van der Waals surface area contributed by atoms with E-state index in [4.69, 9.17) is 0 Å². The van der Waals surface area contributed by atoms with Crippen molar-refractivity contribution in [3.8, 4) is 0 Å². The van der Waals surface area contributed by atoms with Crippen LogP contribution in [0.25, 0.3) is 0 Å². The summed E-state index contributed by atoms with van der Waals surface area (Å²) in [6.07, 6.45) is 0. The first-order valence-corrected chi connectivity index (χ1v) is 26.4. The molecule has 0 aromatic heterocycles. The quantitative estimate of drug-likeness (QED) is 0.167. The maximum atomic E-state index is 2.88. The Kier molecular flexibility index (Phi) is 5.50. The molecule has 0 saturated carbocycles. The summed E-state index contributed by atoms with van der Waals surface area (Å²) in [7, 11) is 0. The molecule has 2 nitrogen and oxygen atoms in total. The molecule has 0 bridgehead atoms. The predicted octanol–water partition coefficient (Wildman–Crippen LogP) is -1.75. The van der Waals surface area contributed by atoms with Crippen LogP contribution in [-0.4, -0.2) is 62.0 Å². The van der Waals surface area contributed by atoms with Gasteiger partial charge in [-0.3, -0.25) is 0 Å². The van der Waals surface area contributed by atoms with E-state index in [1.807, 2.05) is 0 Å². The molecule has 0 saturated heterocycles. The summed E-state index contributed by atoms with van der Waals surface area (Å²) in [6.45, 7) is 16.5. The van der Waals surface area contributed by atoms with Crippen LogP contribution in [0.4, 0.5) is 34.1 Å². The minimum atomic E-state index is -3.04. The number of hydrogen-bond acceptors (Lipinski definition) is 2. The van der Waals surface area contributed by atoms with Gasteiger partial charge in [0, 0.05) is 0 Å². The van der Waals surface area contributed by atoms with Gasteiger partial charge in [-0.2, -0.15) is 0 Å². The molecular formula is C48H35B6BiN2. The van der Waals surface area contributed by atoms with E-state index in [9.17, 15) is 0 Å². The van der Waals surface area contributed by atoms with Gasteiger partial charge in [-0.15, -0.1) is 0 Å². The minimum absolute atomic E-state index is 0.211. The van der Waals surface area contributed by atoms with Gasteiger partial charge in [0.1, 0.15) is 0 Å². The van der Waals surface area contributed by atoms with Gasteiger partial charge in [-0.1, -0.05) is 0 Å². The first-order chi connectivity index (χ1) is 27.8. The summed E-state index contributed by atoms with van der Waals surface area (Å²) >= 11 is -3.04. The van der Waals surface area contributed by atoms with Crippen LogP contribution in [0, 0.1) is 13.8 Å². The topological polar surface area (TPSA) is 6.48 Å². The van der Waals surface area contributed by atoms with Gasteiger partial charge in [0.05, 0.1) is 0 Å². The van der Waals surface area contributed by atoms with Gasteiger partial charge in [0.2, 0.25) is 0 Å². The molecule has 0 aliphatic carbocycles. The maximum absolute atomic E-state index is 3.04. The molecule has 0 fully saturated rings. The number of rotatable bonds is 0. The summed E-state index contributed by atoms with van der Waals surface area (Å²) in [5.74, 6) is 0. The zero-order chi connectivity index (χ0) is 37.7. The van der Waals surface area contributed by atoms with Crippen LogP contribution in [0.15, 0.2) is 103 Å². The van der Waals surface area contributed by atoms with Crippen LogP contribution in [0.5, 0.6) is 0 Å². The molecule has 8 aliphatic heterocycles. The van der Waals surface area contributed by atoms with E-state index in [1.165, 1.54) is 77.1 Å². The third-order valence-electron chi connectivity index (χ3n) is 16.0. The van der Waals surface area contributed by atoms with Crippen molar-refractivity contribution in [3.05, 3.63) is 114 Å². The molecule has 0 amide bonds. The van der Waals surface area contributed by atoms with Crippen molar-refractivity contribution in [2.45, 2.75) is 41.1 Å². The van der Waals surface area contributed by atoms with Crippen LogP contribution >= 0.6 is 0 Å². The Balaban J connectivity index is 1.19. The average Bonchev–Trinajstić information content (AvgIpc) is 3.22. The fourth-order valence-corrected chi connectivity index (χ4v) is 26.0. The molecule has 0 radical (unpaired) electrons. The van der Waals surface area contributed by atoms with Crippen LogP contribution in [-0.2, 0) is 0 Å². The van der Waals surface area contributed by atoms with E-state index in [2.05, 4.69) is 154 Å². The third kappa shape index (κ3) is 3.29. The Labute approximate surface area is 345 Å². The second kappa shape index (κ2) is 9.98. The molecule has 8 heterocycles. The molecular weight excluding hydrogens is 878 g/mol. The van der Waals surface area contributed by atoms with Crippen molar-refractivity contribution in [3.63, 3.8) is 0 Å². The Morgan fingerprint density at radius 1 is 0.368 bits per heavy atom. The van der Waals surface area contributed by atoms with Crippen molar-refractivity contribution in [1.29, 1.82) is 0 Å². The SMILES string of the molecule is CB1c2ccccc2B2c3cc4c5[c]6c3N3c7c(cc(C)c[c]7[Bi]6[c]6cc(C)cc7c6N5c5c(ccc6c5B4c4ccccc4B6C)B7C)B(C)c4ccc1c2c43. The van der Waals surface area contributed by atoms with Gasteiger partial charge in [0.25, 0.3) is 0 Å². The number of nitrogens with zero attached hydrogens (tertiary/aromatic N) is 2. The standard InChI is InChI=1S/C48H35B6N2.Bi/c1-27-15-21-41-37(23-27)51(5)35-19-17-33-45-47(35)55(41)43-26-44-40(25-39(43)53(45)31-13-9-7-11-29(31)49(33)3)54-32-14-10-8-12-30(32)50(4)34-18-20-36-48(46(34)54)56(44)42-22-16-28(2)24-38(42)52(36)6;/h7-20,23-25H,1-6H3;. The summed E-state index contributed by atoms with van der Waals surface area (Å²) in [4.78, 5) is 5.76. The third-order valence-corrected chi connectivity index (χ3v) is 25.8. The van der Waals surface area contributed by atoms with E-state index < -0.39 is 21.8 Å². The summed E-state index contributed by atoms with van der Waals surface area (Å²) < 4.78 is 5.14.